The SMILES string of the molecule is Cc1ccc(CS(=O)Cc2ccc(C(=O)NCc3cccnc3)o2)cc1. The Morgan fingerprint density at radius 3 is 2.62 bits per heavy atom. The van der Waals surface area contributed by atoms with Crippen LogP contribution in [0.1, 0.15) is 33.0 Å². The molecule has 1 atom stereocenters. The molecule has 6 heteroatoms. The quantitative estimate of drug-likeness (QED) is 0.694. The molecule has 134 valence electrons. The molecule has 1 N–H and O–H groups in total. The second kappa shape index (κ2) is 8.58. The van der Waals surface area contributed by atoms with Crippen LogP contribution in [0.4, 0.5) is 0 Å². The highest BCUT2D eigenvalue weighted by Crippen LogP contribution is 2.13. The minimum absolute atomic E-state index is 0.219. The third kappa shape index (κ3) is 5.13. The molecule has 5 nitrogen and oxygen atoms in total. The van der Waals surface area contributed by atoms with Gasteiger partial charge in [0.05, 0.1) is 5.75 Å². The molecule has 26 heavy (non-hydrogen) atoms. The van der Waals surface area contributed by atoms with Gasteiger partial charge in [-0.15, -0.1) is 0 Å². The lowest BCUT2D eigenvalue weighted by molar-refractivity contribution is 0.0921. The summed E-state index contributed by atoms with van der Waals surface area (Å²) < 4.78 is 17.8. The molecule has 0 saturated heterocycles. The molecule has 0 saturated carbocycles. The van der Waals surface area contributed by atoms with Crippen LogP contribution in [0.3, 0.4) is 0 Å². The fourth-order valence-corrected chi connectivity index (χ4v) is 3.57. The number of nitrogens with zero attached hydrogens (tertiary/aromatic N) is 1. The van der Waals surface area contributed by atoms with Gasteiger partial charge in [-0.3, -0.25) is 14.0 Å². The highest BCUT2D eigenvalue weighted by atomic mass is 32.2. The minimum Gasteiger partial charge on any atom is -0.455 e. The van der Waals surface area contributed by atoms with Crippen molar-refractivity contribution in [2.45, 2.75) is 25.0 Å². The lowest BCUT2D eigenvalue weighted by atomic mass is 10.2. The zero-order valence-electron chi connectivity index (χ0n) is 14.5. The molecule has 0 spiro atoms. The minimum atomic E-state index is -1.10. The standard InChI is InChI=1S/C20H20N2O3S/c1-15-4-6-16(7-5-15)13-26(24)14-18-8-9-19(25-18)20(23)22-12-17-3-2-10-21-11-17/h2-11H,12-14H2,1H3,(H,22,23). The summed E-state index contributed by atoms with van der Waals surface area (Å²) in [5, 5.41) is 2.78. The number of carbonyl (C=O) groups excluding carboxylic acids is 1. The van der Waals surface area contributed by atoms with E-state index in [1.54, 1.807) is 24.5 Å². The van der Waals surface area contributed by atoms with Crippen molar-refractivity contribution in [2.75, 3.05) is 0 Å². The maximum absolute atomic E-state index is 12.3. The molecule has 2 heterocycles. The van der Waals surface area contributed by atoms with E-state index in [0.29, 0.717) is 18.1 Å². The van der Waals surface area contributed by atoms with Gasteiger partial charge in [-0.25, -0.2) is 0 Å². The van der Waals surface area contributed by atoms with Gasteiger partial charge in [-0.05, 0) is 36.2 Å². The smallest absolute Gasteiger partial charge is 0.287 e. The monoisotopic (exact) mass is 368 g/mol. The normalized spacial score (nSPS) is 11.9. The van der Waals surface area contributed by atoms with E-state index in [9.17, 15) is 9.00 Å². The van der Waals surface area contributed by atoms with Crippen LogP contribution in [-0.2, 0) is 28.9 Å². The highest BCUT2D eigenvalue weighted by Gasteiger charge is 2.13. The number of hydrogen-bond donors (Lipinski definition) is 1. The number of aromatic nitrogens is 1. The van der Waals surface area contributed by atoms with Gasteiger partial charge >= 0.3 is 0 Å². The Bertz CT molecular complexity index is 889. The van der Waals surface area contributed by atoms with Crippen molar-refractivity contribution in [1.29, 1.82) is 0 Å². The van der Waals surface area contributed by atoms with Crippen LogP contribution in [-0.4, -0.2) is 15.1 Å². The molecule has 0 aliphatic carbocycles. The predicted octanol–water partition coefficient (Wildman–Crippen LogP) is 3.36. The van der Waals surface area contributed by atoms with Gasteiger partial charge < -0.3 is 9.73 Å². The first kappa shape index (κ1) is 18.1. The molecule has 0 radical (unpaired) electrons. The fourth-order valence-electron chi connectivity index (χ4n) is 2.43. The highest BCUT2D eigenvalue weighted by molar-refractivity contribution is 7.83. The van der Waals surface area contributed by atoms with Gasteiger partial charge in [0.15, 0.2) is 5.76 Å². The van der Waals surface area contributed by atoms with Crippen molar-refractivity contribution in [2.24, 2.45) is 0 Å². The van der Waals surface area contributed by atoms with Gasteiger partial charge in [0.2, 0.25) is 0 Å². The molecular formula is C20H20N2O3S. The van der Waals surface area contributed by atoms with E-state index in [2.05, 4.69) is 10.3 Å². The number of aryl methyl sites for hydroxylation is 1. The zero-order chi connectivity index (χ0) is 18.4. The van der Waals surface area contributed by atoms with E-state index in [1.807, 2.05) is 43.3 Å². The van der Waals surface area contributed by atoms with E-state index in [4.69, 9.17) is 4.42 Å². The summed E-state index contributed by atoms with van der Waals surface area (Å²) in [4.78, 5) is 16.1. The lowest BCUT2D eigenvalue weighted by Crippen LogP contribution is -2.22. The van der Waals surface area contributed by atoms with Crippen LogP contribution in [0.15, 0.2) is 65.3 Å². The first-order chi connectivity index (χ1) is 12.6. The molecule has 0 aliphatic heterocycles. The Morgan fingerprint density at radius 2 is 1.88 bits per heavy atom. The summed E-state index contributed by atoms with van der Waals surface area (Å²) in [5.74, 6) is 1.20. The van der Waals surface area contributed by atoms with Crippen LogP contribution in [0.5, 0.6) is 0 Å². The average molecular weight is 368 g/mol. The summed E-state index contributed by atoms with van der Waals surface area (Å²) in [6.45, 7) is 2.40. The van der Waals surface area contributed by atoms with Crippen molar-refractivity contribution >= 4 is 16.7 Å². The molecular weight excluding hydrogens is 348 g/mol. The number of nitrogens with one attached hydrogen (secondary N) is 1. The summed E-state index contributed by atoms with van der Waals surface area (Å²) in [7, 11) is -1.10. The molecule has 1 aromatic carbocycles. The topological polar surface area (TPSA) is 72.2 Å². The van der Waals surface area contributed by atoms with Gasteiger partial charge in [-0.2, -0.15) is 0 Å². The Kier molecular flexibility index (Phi) is 5.96. The Balaban J connectivity index is 1.52. The van der Waals surface area contributed by atoms with E-state index in [-0.39, 0.29) is 17.4 Å². The number of furan rings is 1. The second-order valence-corrected chi connectivity index (χ2v) is 7.48. The van der Waals surface area contributed by atoms with Crippen LogP contribution in [0, 0.1) is 6.92 Å². The lowest BCUT2D eigenvalue weighted by Gasteiger charge is -2.03. The Morgan fingerprint density at radius 1 is 1.08 bits per heavy atom. The average Bonchev–Trinajstić information content (AvgIpc) is 3.11. The molecule has 3 rings (SSSR count). The van der Waals surface area contributed by atoms with E-state index in [1.165, 1.54) is 5.56 Å². The molecule has 1 amide bonds. The molecule has 0 fully saturated rings. The molecule has 2 aromatic heterocycles. The number of rotatable bonds is 7. The Labute approximate surface area is 154 Å². The van der Waals surface area contributed by atoms with E-state index < -0.39 is 10.8 Å². The third-order valence-electron chi connectivity index (χ3n) is 3.81. The number of carbonyl (C=O) groups is 1. The van der Waals surface area contributed by atoms with Gasteiger partial charge in [0.1, 0.15) is 5.76 Å². The number of hydrogen-bond acceptors (Lipinski definition) is 4. The summed E-state index contributed by atoms with van der Waals surface area (Å²) in [6, 6.07) is 15.0. The van der Waals surface area contributed by atoms with Gasteiger partial charge in [0.25, 0.3) is 5.91 Å². The van der Waals surface area contributed by atoms with Crippen molar-refractivity contribution in [3.63, 3.8) is 0 Å². The number of pyridine rings is 1. The predicted molar refractivity (Wildman–Crippen MR) is 101 cm³/mol. The zero-order valence-corrected chi connectivity index (χ0v) is 15.3. The van der Waals surface area contributed by atoms with Crippen LogP contribution in [0.25, 0.3) is 0 Å². The maximum atomic E-state index is 12.3. The molecule has 0 bridgehead atoms. The summed E-state index contributed by atoms with van der Waals surface area (Å²) in [6.07, 6.45) is 3.38. The van der Waals surface area contributed by atoms with Crippen molar-refractivity contribution in [3.8, 4) is 0 Å². The van der Waals surface area contributed by atoms with Crippen molar-refractivity contribution in [1.82, 2.24) is 10.3 Å². The largest absolute Gasteiger partial charge is 0.455 e. The van der Waals surface area contributed by atoms with E-state index in [0.717, 1.165) is 11.1 Å². The van der Waals surface area contributed by atoms with Gasteiger partial charge in [-0.1, -0.05) is 35.9 Å². The Hall–Kier alpha value is -2.73. The first-order valence-corrected chi connectivity index (χ1v) is 9.75. The molecule has 3 aromatic rings. The van der Waals surface area contributed by atoms with Crippen LogP contribution >= 0.6 is 0 Å². The van der Waals surface area contributed by atoms with Crippen molar-refractivity contribution < 1.29 is 13.4 Å². The summed E-state index contributed by atoms with van der Waals surface area (Å²) >= 11 is 0. The van der Waals surface area contributed by atoms with Crippen LogP contribution < -0.4 is 5.32 Å². The number of benzene rings is 1. The fraction of sp³-hybridized carbons (Fsp3) is 0.200. The maximum Gasteiger partial charge on any atom is 0.287 e. The number of amides is 1. The van der Waals surface area contributed by atoms with Crippen LogP contribution in [0.2, 0.25) is 0 Å². The molecule has 0 aliphatic rings. The second-order valence-electron chi connectivity index (χ2n) is 6.02. The van der Waals surface area contributed by atoms with Crippen molar-refractivity contribution in [3.05, 3.63) is 89.1 Å². The van der Waals surface area contributed by atoms with Gasteiger partial charge in [0, 0.05) is 35.5 Å². The van der Waals surface area contributed by atoms with E-state index >= 15 is 0 Å². The third-order valence-corrected chi connectivity index (χ3v) is 5.07. The molecule has 1 unspecified atom stereocenters. The first-order valence-electron chi connectivity index (χ1n) is 8.26. The summed E-state index contributed by atoms with van der Waals surface area (Å²) in [5.41, 5.74) is 3.11.